The number of rotatable bonds is 4. The average Bonchev–Trinajstić information content (AvgIpc) is 2.76. The second-order valence-electron chi connectivity index (χ2n) is 4.52. The van der Waals surface area contributed by atoms with Crippen molar-refractivity contribution in [3.8, 4) is 0 Å². The van der Waals surface area contributed by atoms with E-state index in [2.05, 4.69) is 43.1 Å². The summed E-state index contributed by atoms with van der Waals surface area (Å²) >= 11 is 4.03. The zero-order chi connectivity index (χ0) is 10.7. The van der Waals surface area contributed by atoms with Gasteiger partial charge in [0.15, 0.2) is 0 Å². The van der Waals surface area contributed by atoms with Gasteiger partial charge in [-0.3, -0.25) is 0 Å². The molecule has 0 saturated carbocycles. The maximum absolute atomic E-state index is 3.59. The zero-order valence-corrected chi connectivity index (χ0v) is 11.1. The van der Waals surface area contributed by atoms with Crippen molar-refractivity contribution in [2.24, 2.45) is 0 Å². The Labute approximate surface area is 101 Å². The van der Waals surface area contributed by atoms with Crippen molar-refractivity contribution in [1.29, 1.82) is 0 Å². The van der Waals surface area contributed by atoms with Crippen LogP contribution in [0.4, 0.5) is 0 Å². The molecule has 84 valence electrons. The van der Waals surface area contributed by atoms with E-state index < -0.39 is 0 Å². The quantitative estimate of drug-likeness (QED) is 0.867. The van der Waals surface area contributed by atoms with Gasteiger partial charge in [0, 0.05) is 27.6 Å². The molecule has 1 nitrogen and oxygen atoms in total. The van der Waals surface area contributed by atoms with Crippen molar-refractivity contribution >= 4 is 23.1 Å². The van der Waals surface area contributed by atoms with Crippen LogP contribution in [0, 0.1) is 6.92 Å². The lowest BCUT2D eigenvalue weighted by Gasteiger charge is -2.22. The van der Waals surface area contributed by atoms with Gasteiger partial charge >= 0.3 is 0 Å². The summed E-state index contributed by atoms with van der Waals surface area (Å²) < 4.78 is 0.492. The first-order chi connectivity index (χ1) is 7.18. The summed E-state index contributed by atoms with van der Waals surface area (Å²) in [6.45, 7) is 6.74. The van der Waals surface area contributed by atoms with Crippen LogP contribution < -0.4 is 5.32 Å². The molecule has 3 heteroatoms. The van der Waals surface area contributed by atoms with Gasteiger partial charge in [-0.1, -0.05) is 0 Å². The molecule has 0 radical (unpaired) electrons. The fourth-order valence-electron chi connectivity index (χ4n) is 2.01. The lowest BCUT2D eigenvalue weighted by atomic mass is 10.1. The Hall–Kier alpha value is 0.01000. The molecule has 1 saturated heterocycles. The molecule has 1 aromatic rings. The smallest absolute Gasteiger partial charge is 0.0300 e. The summed E-state index contributed by atoms with van der Waals surface area (Å²) in [5, 5.41) is 3.59. The molecule has 1 aromatic heterocycles. The molecule has 0 aromatic carbocycles. The molecule has 1 aliphatic heterocycles. The van der Waals surface area contributed by atoms with Gasteiger partial charge in [-0.05, 0) is 44.6 Å². The molecular formula is C12H19NS2. The number of thiophene rings is 1. The molecular weight excluding hydrogens is 222 g/mol. The predicted octanol–water partition coefficient (Wildman–Crippen LogP) is 3.43. The van der Waals surface area contributed by atoms with E-state index in [9.17, 15) is 0 Å². The summed E-state index contributed by atoms with van der Waals surface area (Å²) in [6.07, 6.45) is 2.76. The maximum atomic E-state index is 3.59. The second-order valence-corrected chi connectivity index (χ2v) is 7.57. The van der Waals surface area contributed by atoms with Crippen LogP contribution >= 0.6 is 23.1 Å². The Balaban J connectivity index is 1.75. The number of hydrogen-bond donors (Lipinski definition) is 1. The minimum atomic E-state index is 0.492. The predicted molar refractivity (Wildman–Crippen MR) is 70.9 cm³/mol. The molecule has 1 unspecified atom stereocenters. The molecule has 15 heavy (non-hydrogen) atoms. The second kappa shape index (κ2) is 4.89. The Morgan fingerprint density at radius 1 is 1.47 bits per heavy atom. The van der Waals surface area contributed by atoms with Crippen LogP contribution in [0.25, 0.3) is 0 Å². The highest BCUT2D eigenvalue weighted by Crippen LogP contribution is 2.37. The topological polar surface area (TPSA) is 12.0 Å². The van der Waals surface area contributed by atoms with Crippen LogP contribution in [-0.4, -0.2) is 17.0 Å². The van der Waals surface area contributed by atoms with E-state index >= 15 is 0 Å². The fraction of sp³-hybridized carbons (Fsp3) is 0.667. The van der Waals surface area contributed by atoms with Crippen LogP contribution in [0.1, 0.15) is 29.5 Å². The van der Waals surface area contributed by atoms with Crippen LogP contribution in [0.5, 0.6) is 0 Å². The van der Waals surface area contributed by atoms with Gasteiger partial charge in [-0.15, -0.1) is 11.3 Å². The minimum absolute atomic E-state index is 0.492. The van der Waals surface area contributed by atoms with Gasteiger partial charge in [0.1, 0.15) is 0 Å². The van der Waals surface area contributed by atoms with Gasteiger partial charge in [-0.25, -0.2) is 0 Å². The average molecular weight is 241 g/mol. The molecule has 2 rings (SSSR count). The van der Waals surface area contributed by atoms with E-state index in [-0.39, 0.29) is 0 Å². The van der Waals surface area contributed by atoms with Crippen molar-refractivity contribution in [2.75, 3.05) is 12.3 Å². The summed E-state index contributed by atoms with van der Waals surface area (Å²) in [4.78, 5) is 2.87. The van der Waals surface area contributed by atoms with Crippen molar-refractivity contribution in [1.82, 2.24) is 5.32 Å². The van der Waals surface area contributed by atoms with Crippen LogP contribution in [0.3, 0.4) is 0 Å². The Morgan fingerprint density at radius 3 is 2.93 bits per heavy atom. The van der Waals surface area contributed by atoms with E-state index in [1.54, 1.807) is 0 Å². The Kier molecular flexibility index (Phi) is 3.75. The molecule has 1 N–H and O–H groups in total. The fourth-order valence-corrected chi connectivity index (χ4v) is 4.14. The zero-order valence-electron chi connectivity index (χ0n) is 9.51. The minimum Gasteiger partial charge on any atom is -0.310 e. The van der Waals surface area contributed by atoms with Gasteiger partial charge < -0.3 is 5.32 Å². The molecule has 1 atom stereocenters. The Morgan fingerprint density at radius 2 is 2.33 bits per heavy atom. The SMILES string of the molecule is Cc1ccc(CNCC2(C)CCCS2)s1. The van der Waals surface area contributed by atoms with Gasteiger partial charge in [0.25, 0.3) is 0 Å². The summed E-state index contributed by atoms with van der Waals surface area (Å²) in [5.41, 5.74) is 0. The third-order valence-corrected chi connectivity index (χ3v) is 5.43. The number of aryl methyl sites for hydroxylation is 1. The van der Waals surface area contributed by atoms with E-state index in [0.29, 0.717) is 4.75 Å². The monoisotopic (exact) mass is 241 g/mol. The van der Waals surface area contributed by atoms with Crippen LogP contribution in [-0.2, 0) is 6.54 Å². The van der Waals surface area contributed by atoms with Crippen LogP contribution in [0.15, 0.2) is 12.1 Å². The van der Waals surface area contributed by atoms with E-state index in [4.69, 9.17) is 0 Å². The molecule has 0 bridgehead atoms. The Bertz CT molecular complexity index is 313. The van der Waals surface area contributed by atoms with Crippen molar-refractivity contribution in [2.45, 2.75) is 38.0 Å². The largest absolute Gasteiger partial charge is 0.310 e. The third-order valence-electron chi connectivity index (χ3n) is 2.89. The lowest BCUT2D eigenvalue weighted by Crippen LogP contribution is -2.32. The first-order valence-electron chi connectivity index (χ1n) is 5.58. The summed E-state index contributed by atoms with van der Waals surface area (Å²) in [7, 11) is 0. The normalized spacial score (nSPS) is 26.0. The summed E-state index contributed by atoms with van der Waals surface area (Å²) in [6, 6.07) is 4.44. The van der Waals surface area contributed by atoms with Crippen molar-refractivity contribution in [3.63, 3.8) is 0 Å². The van der Waals surface area contributed by atoms with Crippen molar-refractivity contribution < 1.29 is 0 Å². The van der Waals surface area contributed by atoms with E-state index in [1.165, 1.54) is 28.3 Å². The molecule has 1 fully saturated rings. The molecule has 0 spiro atoms. The maximum Gasteiger partial charge on any atom is 0.0300 e. The number of hydrogen-bond acceptors (Lipinski definition) is 3. The highest BCUT2D eigenvalue weighted by atomic mass is 32.2. The van der Waals surface area contributed by atoms with E-state index in [1.807, 2.05) is 11.3 Å². The summed E-state index contributed by atoms with van der Waals surface area (Å²) in [5.74, 6) is 1.34. The van der Waals surface area contributed by atoms with Crippen LogP contribution in [0.2, 0.25) is 0 Å². The number of thioether (sulfide) groups is 1. The highest BCUT2D eigenvalue weighted by molar-refractivity contribution is 8.00. The third kappa shape index (κ3) is 3.23. The highest BCUT2D eigenvalue weighted by Gasteiger charge is 2.28. The van der Waals surface area contributed by atoms with Gasteiger partial charge in [0.2, 0.25) is 0 Å². The first-order valence-corrected chi connectivity index (χ1v) is 7.38. The number of nitrogens with one attached hydrogen (secondary N) is 1. The molecule has 0 aliphatic carbocycles. The van der Waals surface area contributed by atoms with E-state index in [0.717, 1.165) is 13.1 Å². The van der Waals surface area contributed by atoms with Gasteiger partial charge in [-0.2, -0.15) is 11.8 Å². The molecule has 2 heterocycles. The lowest BCUT2D eigenvalue weighted by molar-refractivity contribution is 0.539. The standard InChI is InChI=1S/C12H19NS2/c1-10-4-5-11(15-10)8-13-9-12(2)6-3-7-14-12/h4-5,13H,3,6-9H2,1-2H3. The first kappa shape index (κ1) is 11.5. The van der Waals surface area contributed by atoms with Crippen molar-refractivity contribution in [3.05, 3.63) is 21.9 Å². The molecule has 1 aliphatic rings. The molecule has 0 amide bonds. The van der Waals surface area contributed by atoms with Gasteiger partial charge in [0.05, 0.1) is 0 Å².